The molecule has 1 amide bonds. The van der Waals surface area contributed by atoms with Gasteiger partial charge in [0.2, 0.25) is 0 Å². The van der Waals surface area contributed by atoms with Crippen LogP contribution in [0.3, 0.4) is 0 Å². The van der Waals surface area contributed by atoms with Crippen LogP contribution in [0.2, 0.25) is 0 Å². The SMILES string of the molecule is NC(=O)C(=O)c1nc2ccc(NCc3ccccc3OCc3ccccc3)cc2s1. The molecular formula is C23H19N3O3S. The van der Waals surface area contributed by atoms with Gasteiger partial charge in [0.15, 0.2) is 5.01 Å². The van der Waals surface area contributed by atoms with Gasteiger partial charge in [-0.15, -0.1) is 11.3 Å². The molecule has 30 heavy (non-hydrogen) atoms. The summed E-state index contributed by atoms with van der Waals surface area (Å²) in [6.45, 7) is 1.07. The molecule has 0 radical (unpaired) electrons. The van der Waals surface area contributed by atoms with Gasteiger partial charge in [0.25, 0.3) is 11.7 Å². The maximum atomic E-state index is 11.8. The zero-order chi connectivity index (χ0) is 20.9. The van der Waals surface area contributed by atoms with E-state index in [0.717, 1.165) is 38.6 Å². The lowest BCUT2D eigenvalue weighted by atomic mass is 10.2. The minimum absolute atomic E-state index is 0.106. The van der Waals surface area contributed by atoms with Crippen molar-refractivity contribution >= 4 is 38.9 Å². The number of hydrogen-bond donors (Lipinski definition) is 2. The van der Waals surface area contributed by atoms with E-state index < -0.39 is 11.7 Å². The van der Waals surface area contributed by atoms with Crippen LogP contribution in [-0.4, -0.2) is 16.7 Å². The molecule has 0 aliphatic heterocycles. The number of ether oxygens (including phenoxy) is 1. The summed E-state index contributed by atoms with van der Waals surface area (Å²) in [5.41, 5.74) is 8.73. The summed E-state index contributed by atoms with van der Waals surface area (Å²) in [6.07, 6.45) is 0. The third-order valence-electron chi connectivity index (χ3n) is 4.50. The average Bonchev–Trinajstić information content (AvgIpc) is 3.20. The van der Waals surface area contributed by atoms with E-state index >= 15 is 0 Å². The number of anilines is 1. The molecule has 4 rings (SSSR count). The van der Waals surface area contributed by atoms with E-state index in [1.807, 2.05) is 72.8 Å². The number of carbonyl (C=O) groups excluding carboxylic acids is 2. The van der Waals surface area contributed by atoms with Gasteiger partial charge in [0, 0.05) is 17.8 Å². The van der Waals surface area contributed by atoms with Crippen molar-refractivity contribution in [2.75, 3.05) is 5.32 Å². The third-order valence-corrected chi connectivity index (χ3v) is 5.52. The highest BCUT2D eigenvalue weighted by Crippen LogP contribution is 2.27. The van der Waals surface area contributed by atoms with Crippen LogP contribution in [0.4, 0.5) is 5.69 Å². The maximum absolute atomic E-state index is 11.8. The van der Waals surface area contributed by atoms with Gasteiger partial charge in [-0.1, -0.05) is 48.5 Å². The number of ketones is 1. The number of carbonyl (C=O) groups is 2. The zero-order valence-corrected chi connectivity index (χ0v) is 16.8. The van der Waals surface area contributed by atoms with E-state index in [0.29, 0.717) is 18.7 Å². The molecule has 4 aromatic rings. The summed E-state index contributed by atoms with van der Waals surface area (Å²) in [6, 6.07) is 23.5. The molecule has 3 aromatic carbocycles. The Morgan fingerprint density at radius 3 is 2.57 bits per heavy atom. The van der Waals surface area contributed by atoms with Crippen LogP contribution in [0.5, 0.6) is 5.75 Å². The minimum Gasteiger partial charge on any atom is -0.489 e. The number of hydrogen-bond acceptors (Lipinski definition) is 6. The topological polar surface area (TPSA) is 94.3 Å². The molecule has 0 spiro atoms. The molecule has 1 heterocycles. The molecule has 0 bridgehead atoms. The number of thiazole rings is 1. The molecule has 150 valence electrons. The molecule has 0 atom stereocenters. The van der Waals surface area contributed by atoms with E-state index in [9.17, 15) is 9.59 Å². The number of aromatic nitrogens is 1. The number of primary amides is 1. The number of benzene rings is 3. The van der Waals surface area contributed by atoms with Gasteiger partial charge in [0.1, 0.15) is 12.4 Å². The first-order valence-electron chi connectivity index (χ1n) is 9.33. The summed E-state index contributed by atoms with van der Waals surface area (Å²) in [5.74, 6) is -0.947. The van der Waals surface area contributed by atoms with Gasteiger partial charge in [-0.25, -0.2) is 4.98 Å². The fourth-order valence-electron chi connectivity index (χ4n) is 2.96. The second-order valence-corrected chi connectivity index (χ2v) is 7.66. The summed E-state index contributed by atoms with van der Waals surface area (Å²) >= 11 is 1.15. The van der Waals surface area contributed by atoms with Gasteiger partial charge in [-0.05, 0) is 29.8 Å². The number of Topliss-reactive ketones (excluding diaryl/α,β-unsaturated/α-hetero) is 1. The summed E-state index contributed by atoms with van der Waals surface area (Å²) < 4.78 is 6.81. The fourth-order valence-corrected chi connectivity index (χ4v) is 3.91. The molecule has 0 aliphatic carbocycles. The van der Waals surface area contributed by atoms with Crippen molar-refractivity contribution in [1.29, 1.82) is 0 Å². The maximum Gasteiger partial charge on any atom is 0.292 e. The second kappa shape index (κ2) is 8.75. The Kier molecular flexibility index (Phi) is 5.72. The van der Waals surface area contributed by atoms with Crippen LogP contribution in [0.1, 0.15) is 20.9 Å². The first kappa shape index (κ1) is 19.6. The van der Waals surface area contributed by atoms with Crippen LogP contribution in [0, 0.1) is 0 Å². The average molecular weight is 417 g/mol. The van der Waals surface area contributed by atoms with Crippen LogP contribution in [0.25, 0.3) is 10.2 Å². The largest absolute Gasteiger partial charge is 0.489 e. The smallest absolute Gasteiger partial charge is 0.292 e. The molecule has 1 aromatic heterocycles. The predicted molar refractivity (Wildman–Crippen MR) is 118 cm³/mol. The molecule has 6 nitrogen and oxygen atoms in total. The van der Waals surface area contributed by atoms with Crippen LogP contribution in [-0.2, 0) is 17.9 Å². The van der Waals surface area contributed by atoms with E-state index in [1.165, 1.54) is 0 Å². The highest BCUT2D eigenvalue weighted by molar-refractivity contribution is 7.21. The van der Waals surface area contributed by atoms with E-state index in [2.05, 4.69) is 10.3 Å². The van der Waals surface area contributed by atoms with Crippen molar-refractivity contribution < 1.29 is 14.3 Å². The molecule has 0 aliphatic rings. The Morgan fingerprint density at radius 1 is 1.00 bits per heavy atom. The first-order chi connectivity index (χ1) is 14.6. The van der Waals surface area contributed by atoms with E-state index in [4.69, 9.17) is 10.5 Å². The lowest BCUT2D eigenvalue weighted by molar-refractivity contribution is -0.114. The molecule has 0 unspecified atom stereocenters. The molecule has 0 fully saturated rings. The third kappa shape index (κ3) is 4.47. The zero-order valence-electron chi connectivity index (χ0n) is 16.0. The lowest BCUT2D eigenvalue weighted by Crippen LogP contribution is -2.22. The molecule has 0 saturated carbocycles. The van der Waals surface area contributed by atoms with Crippen molar-refractivity contribution in [2.24, 2.45) is 5.73 Å². The number of rotatable bonds is 8. The van der Waals surface area contributed by atoms with Crippen molar-refractivity contribution in [2.45, 2.75) is 13.2 Å². The number of fused-ring (bicyclic) bond motifs is 1. The summed E-state index contributed by atoms with van der Waals surface area (Å²) in [5, 5.41) is 3.48. The standard InChI is InChI=1S/C23H19N3O3S/c24-22(28)21(27)23-26-18-11-10-17(12-20(18)30-23)25-13-16-8-4-5-9-19(16)29-14-15-6-2-1-3-7-15/h1-12,25H,13-14H2,(H2,24,28). The van der Waals surface area contributed by atoms with Gasteiger partial charge in [-0.2, -0.15) is 0 Å². The minimum atomic E-state index is -1.00. The molecule has 3 N–H and O–H groups in total. The number of amides is 1. The summed E-state index contributed by atoms with van der Waals surface area (Å²) in [4.78, 5) is 27.0. The van der Waals surface area contributed by atoms with Crippen LogP contribution >= 0.6 is 11.3 Å². The van der Waals surface area contributed by atoms with E-state index in [1.54, 1.807) is 0 Å². The normalized spacial score (nSPS) is 10.7. The Morgan fingerprint density at radius 2 is 1.77 bits per heavy atom. The highest BCUT2D eigenvalue weighted by Gasteiger charge is 2.17. The van der Waals surface area contributed by atoms with E-state index in [-0.39, 0.29) is 5.01 Å². The summed E-state index contributed by atoms with van der Waals surface area (Å²) in [7, 11) is 0. The number of nitrogens with one attached hydrogen (secondary N) is 1. The van der Waals surface area contributed by atoms with Crippen LogP contribution in [0.15, 0.2) is 72.8 Å². The van der Waals surface area contributed by atoms with Crippen molar-refractivity contribution in [3.63, 3.8) is 0 Å². The van der Waals surface area contributed by atoms with Crippen LogP contribution < -0.4 is 15.8 Å². The Labute approximate surface area is 177 Å². The highest BCUT2D eigenvalue weighted by atomic mass is 32.1. The monoisotopic (exact) mass is 417 g/mol. The molecular weight excluding hydrogens is 398 g/mol. The number of nitrogens with zero attached hydrogens (tertiary/aromatic N) is 1. The quantitative estimate of drug-likeness (QED) is 0.332. The first-order valence-corrected chi connectivity index (χ1v) is 10.1. The Bertz CT molecular complexity index is 1200. The van der Waals surface area contributed by atoms with Gasteiger partial charge >= 0.3 is 0 Å². The number of nitrogens with two attached hydrogens (primary N) is 1. The fraction of sp³-hybridized carbons (Fsp3) is 0.0870. The number of para-hydroxylation sites is 1. The van der Waals surface area contributed by atoms with Gasteiger partial charge in [0.05, 0.1) is 10.2 Å². The van der Waals surface area contributed by atoms with Crippen molar-refractivity contribution in [1.82, 2.24) is 4.98 Å². The van der Waals surface area contributed by atoms with Crippen molar-refractivity contribution in [3.8, 4) is 5.75 Å². The predicted octanol–water partition coefficient (Wildman–Crippen LogP) is 4.16. The van der Waals surface area contributed by atoms with Crippen molar-refractivity contribution in [3.05, 3.63) is 88.9 Å². The Balaban J connectivity index is 1.46. The second-order valence-electron chi connectivity index (χ2n) is 6.63. The molecule has 0 saturated heterocycles. The van der Waals surface area contributed by atoms with Gasteiger partial charge in [-0.3, -0.25) is 9.59 Å². The van der Waals surface area contributed by atoms with Gasteiger partial charge < -0.3 is 15.8 Å². The Hall–Kier alpha value is -3.71. The lowest BCUT2D eigenvalue weighted by Gasteiger charge is -2.13. The molecule has 7 heteroatoms.